The van der Waals surface area contributed by atoms with Gasteiger partial charge in [0.05, 0.1) is 5.56 Å². The van der Waals surface area contributed by atoms with E-state index in [1.165, 1.54) is 36.1 Å². The lowest BCUT2D eigenvalue weighted by atomic mass is 10.0. The molecule has 9 heteroatoms. The highest BCUT2D eigenvalue weighted by molar-refractivity contribution is 6.00. The van der Waals surface area contributed by atoms with Gasteiger partial charge in [0.25, 0.3) is 5.91 Å². The van der Waals surface area contributed by atoms with Gasteiger partial charge < -0.3 is 25.2 Å². The number of aliphatic carboxylic acids is 1. The number of carbonyl (C=O) groups excluding carboxylic acids is 3. The van der Waals surface area contributed by atoms with Crippen LogP contribution in [0.4, 0.5) is 0 Å². The first-order valence-electron chi connectivity index (χ1n) is 10.2. The second-order valence-corrected chi connectivity index (χ2v) is 7.51. The van der Waals surface area contributed by atoms with Crippen LogP contribution in [0.5, 0.6) is 11.5 Å². The molecule has 2 atom stereocenters. The zero-order chi connectivity index (χ0) is 23.3. The fourth-order valence-electron chi connectivity index (χ4n) is 3.69. The first-order valence-corrected chi connectivity index (χ1v) is 10.2. The van der Waals surface area contributed by atoms with Crippen molar-refractivity contribution in [1.29, 1.82) is 0 Å². The minimum Gasteiger partial charge on any atom is -0.508 e. The zero-order valence-electron chi connectivity index (χ0n) is 17.5. The minimum absolute atomic E-state index is 0.0536. The molecule has 2 aromatic carbocycles. The number of para-hydroxylation sites is 1. The number of carbonyl (C=O) groups is 4. The highest BCUT2D eigenvalue weighted by atomic mass is 16.5. The van der Waals surface area contributed by atoms with E-state index >= 15 is 0 Å². The second kappa shape index (κ2) is 9.95. The molecule has 32 heavy (non-hydrogen) atoms. The van der Waals surface area contributed by atoms with Crippen LogP contribution in [-0.4, -0.2) is 57.5 Å². The number of hydrogen-bond acceptors (Lipinski definition) is 6. The van der Waals surface area contributed by atoms with Crippen LogP contribution in [-0.2, 0) is 20.8 Å². The molecule has 9 nitrogen and oxygen atoms in total. The van der Waals surface area contributed by atoms with Gasteiger partial charge in [-0.1, -0.05) is 24.3 Å². The van der Waals surface area contributed by atoms with Crippen molar-refractivity contribution in [3.8, 4) is 11.5 Å². The molecule has 3 rings (SSSR count). The number of phenols is 1. The number of carboxylic acids is 1. The maximum Gasteiger partial charge on any atom is 0.326 e. The summed E-state index contributed by atoms with van der Waals surface area (Å²) in [4.78, 5) is 50.5. The van der Waals surface area contributed by atoms with E-state index in [2.05, 4.69) is 5.32 Å². The Bertz CT molecular complexity index is 1020. The maximum absolute atomic E-state index is 13.3. The summed E-state index contributed by atoms with van der Waals surface area (Å²) in [5.41, 5.74) is 0.739. The first-order chi connectivity index (χ1) is 15.3. The summed E-state index contributed by atoms with van der Waals surface area (Å²) in [6, 6.07) is 10.3. The van der Waals surface area contributed by atoms with E-state index in [4.69, 9.17) is 4.74 Å². The van der Waals surface area contributed by atoms with E-state index in [0.29, 0.717) is 18.4 Å². The minimum atomic E-state index is -1.09. The van der Waals surface area contributed by atoms with Crippen molar-refractivity contribution in [1.82, 2.24) is 10.2 Å². The maximum atomic E-state index is 13.3. The summed E-state index contributed by atoms with van der Waals surface area (Å²) < 4.78 is 5.09. The third kappa shape index (κ3) is 5.42. The fraction of sp³-hybridized carbons (Fsp3) is 0.304. The lowest BCUT2D eigenvalue weighted by Crippen LogP contribution is -2.52. The molecule has 0 aliphatic carbocycles. The highest BCUT2D eigenvalue weighted by Gasteiger charge is 2.38. The monoisotopic (exact) mass is 440 g/mol. The molecule has 1 aliphatic heterocycles. The van der Waals surface area contributed by atoms with Gasteiger partial charge in [0.15, 0.2) is 0 Å². The number of phenolic OH excluding ortho intramolecular Hbond substituents is 1. The molecule has 1 fully saturated rings. The van der Waals surface area contributed by atoms with Gasteiger partial charge in [-0.25, -0.2) is 4.79 Å². The number of likely N-dealkylation sites (tertiary alicyclic amines) is 1. The standard InChI is InChI=1S/C23H24N2O7/c1-14(26)32-20-7-3-2-5-17(20)21(28)24-18(13-15-8-10-16(27)11-9-15)22(29)25-12-4-6-19(25)23(30)31/h2-3,5,7-11,18-19,27H,4,6,12-13H2,1H3,(H,24,28)(H,30,31)/t18-,19-/m0/s1. The van der Waals surface area contributed by atoms with Crippen LogP contribution in [0.3, 0.4) is 0 Å². The van der Waals surface area contributed by atoms with Crippen molar-refractivity contribution in [2.75, 3.05) is 6.54 Å². The van der Waals surface area contributed by atoms with Crippen molar-refractivity contribution in [2.45, 2.75) is 38.3 Å². The number of amides is 2. The third-order valence-electron chi connectivity index (χ3n) is 5.19. The Morgan fingerprint density at radius 2 is 1.81 bits per heavy atom. The average Bonchev–Trinajstić information content (AvgIpc) is 3.24. The van der Waals surface area contributed by atoms with Crippen LogP contribution >= 0.6 is 0 Å². The first kappa shape index (κ1) is 22.8. The molecule has 1 saturated heterocycles. The molecule has 0 saturated carbocycles. The predicted molar refractivity (Wildman–Crippen MR) is 113 cm³/mol. The summed E-state index contributed by atoms with van der Waals surface area (Å²) in [5, 5.41) is 21.6. The summed E-state index contributed by atoms with van der Waals surface area (Å²) in [7, 11) is 0. The van der Waals surface area contributed by atoms with Crippen molar-refractivity contribution in [2.24, 2.45) is 0 Å². The lowest BCUT2D eigenvalue weighted by molar-refractivity contribution is -0.148. The molecule has 0 spiro atoms. The Labute approximate surface area is 184 Å². The SMILES string of the molecule is CC(=O)Oc1ccccc1C(=O)N[C@@H](Cc1ccc(O)cc1)C(=O)N1CCC[C@H]1C(=O)O. The van der Waals surface area contributed by atoms with Gasteiger partial charge in [-0.05, 0) is 42.7 Å². The molecule has 0 radical (unpaired) electrons. The number of esters is 1. The van der Waals surface area contributed by atoms with E-state index < -0.39 is 35.8 Å². The van der Waals surface area contributed by atoms with Gasteiger partial charge >= 0.3 is 11.9 Å². The number of nitrogens with zero attached hydrogens (tertiary/aromatic N) is 1. The van der Waals surface area contributed by atoms with Crippen LogP contribution in [0.25, 0.3) is 0 Å². The Morgan fingerprint density at radius 1 is 1.12 bits per heavy atom. The molecule has 168 valence electrons. The lowest BCUT2D eigenvalue weighted by Gasteiger charge is -2.27. The zero-order valence-corrected chi connectivity index (χ0v) is 17.5. The predicted octanol–water partition coefficient (Wildman–Crippen LogP) is 1.73. The van der Waals surface area contributed by atoms with Gasteiger partial charge in [0.2, 0.25) is 5.91 Å². The average molecular weight is 440 g/mol. The quantitative estimate of drug-likeness (QED) is 0.441. The van der Waals surface area contributed by atoms with Crippen molar-refractivity contribution < 1.29 is 34.1 Å². The smallest absolute Gasteiger partial charge is 0.326 e. The van der Waals surface area contributed by atoms with Crippen LogP contribution in [0.2, 0.25) is 0 Å². The number of nitrogens with one attached hydrogen (secondary N) is 1. The van der Waals surface area contributed by atoms with Gasteiger partial charge in [-0.2, -0.15) is 0 Å². The third-order valence-corrected chi connectivity index (χ3v) is 5.19. The van der Waals surface area contributed by atoms with Gasteiger partial charge in [0.1, 0.15) is 23.6 Å². The molecule has 1 aliphatic rings. The fourth-order valence-corrected chi connectivity index (χ4v) is 3.69. The Hall–Kier alpha value is -3.88. The van der Waals surface area contributed by atoms with Crippen LogP contribution in [0.15, 0.2) is 48.5 Å². The van der Waals surface area contributed by atoms with Crippen LogP contribution < -0.4 is 10.1 Å². The molecule has 2 amide bonds. The van der Waals surface area contributed by atoms with E-state index in [1.807, 2.05) is 0 Å². The summed E-state index contributed by atoms with van der Waals surface area (Å²) in [6.45, 7) is 1.49. The summed E-state index contributed by atoms with van der Waals surface area (Å²) >= 11 is 0. The number of ether oxygens (including phenoxy) is 1. The van der Waals surface area contributed by atoms with Crippen molar-refractivity contribution in [3.05, 3.63) is 59.7 Å². The Kier molecular flexibility index (Phi) is 7.09. The number of benzene rings is 2. The van der Waals surface area contributed by atoms with E-state index in [0.717, 1.165) is 0 Å². The number of rotatable bonds is 7. The van der Waals surface area contributed by atoms with Crippen LogP contribution in [0.1, 0.15) is 35.7 Å². The molecule has 0 unspecified atom stereocenters. The molecule has 0 bridgehead atoms. The largest absolute Gasteiger partial charge is 0.508 e. The molecule has 3 N–H and O–H groups in total. The number of carboxylic acid groups (broad SMARTS) is 1. The van der Waals surface area contributed by atoms with Crippen LogP contribution in [0, 0.1) is 0 Å². The molecule has 1 heterocycles. The second-order valence-electron chi connectivity index (χ2n) is 7.51. The molecule has 0 aromatic heterocycles. The van der Waals surface area contributed by atoms with Gasteiger partial charge in [-0.3, -0.25) is 14.4 Å². The molecule has 2 aromatic rings. The van der Waals surface area contributed by atoms with E-state index in [1.54, 1.807) is 24.3 Å². The highest BCUT2D eigenvalue weighted by Crippen LogP contribution is 2.22. The topological polar surface area (TPSA) is 133 Å². The van der Waals surface area contributed by atoms with E-state index in [9.17, 15) is 29.4 Å². The Morgan fingerprint density at radius 3 is 2.47 bits per heavy atom. The van der Waals surface area contributed by atoms with Gasteiger partial charge in [-0.15, -0.1) is 0 Å². The van der Waals surface area contributed by atoms with Crippen molar-refractivity contribution in [3.63, 3.8) is 0 Å². The van der Waals surface area contributed by atoms with Gasteiger partial charge in [0, 0.05) is 19.9 Å². The van der Waals surface area contributed by atoms with E-state index in [-0.39, 0.29) is 30.0 Å². The summed E-state index contributed by atoms with van der Waals surface area (Å²) in [5.74, 6) is -2.72. The number of hydrogen-bond donors (Lipinski definition) is 3. The number of aromatic hydroxyl groups is 1. The van der Waals surface area contributed by atoms with Crippen molar-refractivity contribution >= 4 is 23.8 Å². The normalized spacial score (nSPS) is 16.3. The molecular weight excluding hydrogens is 416 g/mol. The molecular formula is C23H24N2O7. The summed E-state index contributed by atoms with van der Waals surface area (Å²) in [6.07, 6.45) is 0.984. The Balaban J connectivity index is 1.88.